The van der Waals surface area contributed by atoms with Crippen LogP contribution in [0, 0.1) is 6.92 Å². The molecule has 1 saturated heterocycles. The molecule has 1 amide bonds. The highest BCUT2D eigenvalue weighted by Crippen LogP contribution is 2.26. The van der Waals surface area contributed by atoms with Crippen LogP contribution >= 0.6 is 0 Å². The number of pyridine rings is 1. The molecule has 1 atom stereocenters. The van der Waals surface area contributed by atoms with Gasteiger partial charge in [0.25, 0.3) is 5.91 Å². The Kier molecular flexibility index (Phi) is 5.14. The quantitative estimate of drug-likeness (QED) is 0.906. The first kappa shape index (κ1) is 16.5. The van der Waals surface area contributed by atoms with Crippen molar-refractivity contribution < 1.29 is 4.79 Å². The number of aryl methyl sites for hydroxylation is 1. The smallest absolute Gasteiger partial charge is 0.257 e. The van der Waals surface area contributed by atoms with E-state index in [1.54, 1.807) is 6.20 Å². The van der Waals surface area contributed by atoms with E-state index < -0.39 is 0 Å². The molecule has 1 aromatic heterocycles. The van der Waals surface area contributed by atoms with Crippen molar-refractivity contribution in [3.8, 4) is 0 Å². The number of rotatable bonds is 4. The highest BCUT2D eigenvalue weighted by atomic mass is 16.1. The Hall–Kier alpha value is -2.36. The van der Waals surface area contributed by atoms with Crippen molar-refractivity contribution in [2.75, 3.05) is 16.8 Å². The number of piperidine rings is 1. The maximum atomic E-state index is 12.5. The van der Waals surface area contributed by atoms with E-state index in [1.165, 1.54) is 24.8 Å². The predicted octanol–water partition coefficient (Wildman–Crippen LogP) is 4.41. The molecule has 0 spiro atoms. The van der Waals surface area contributed by atoms with Gasteiger partial charge in [0, 0.05) is 24.5 Å². The summed E-state index contributed by atoms with van der Waals surface area (Å²) in [7, 11) is 0. The van der Waals surface area contributed by atoms with Crippen molar-refractivity contribution in [2.45, 2.75) is 45.6 Å². The van der Waals surface area contributed by atoms with Crippen LogP contribution in [-0.4, -0.2) is 23.5 Å². The van der Waals surface area contributed by atoms with Crippen LogP contribution in [0.25, 0.3) is 0 Å². The molecule has 1 fully saturated rings. The van der Waals surface area contributed by atoms with E-state index >= 15 is 0 Å². The van der Waals surface area contributed by atoms with Crippen LogP contribution in [0.15, 0.2) is 42.7 Å². The fraction of sp³-hybridized carbons (Fsp3) is 0.400. The molecule has 4 heteroatoms. The normalized spacial score (nSPS) is 17.6. The molecule has 0 radical (unpaired) electrons. The van der Waals surface area contributed by atoms with Crippen molar-refractivity contribution in [1.29, 1.82) is 0 Å². The standard InChI is InChI=1S/C20H25N3O/c1-3-18-6-4-5-11-23(18)19-12-16(13-21-14-19)20(24)22-17-9-7-15(2)8-10-17/h7-10,12-14,18H,3-6,11H2,1-2H3,(H,22,24). The van der Waals surface area contributed by atoms with Gasteiger partial charge in [-0.15, -0.1) is 0 Å². The second-order valence-corrected chi connectivity index (χ2v) is 6.50. The number of amides is 1. The molecule has 2 heterocycles. The first-order chi connectivity index (χ1) is 11.7. The number of benzene rings is 1. The van der Waals surface area contributed by atoms with Crippen LogP contribution in [0.4, 0.5) is 11.4 Å². The minimum absolute atomic E-state index is 0.113. The number of nitrogens with one attached hydrogen (secondary N) is 1. The van der Waals surface area contributed by atoms with E-state index in [2.05, 4.69) is 22.1 Å². The molecular formula is C20H25N3O. The molecule has 24 heavy (non-hydrogen) atoms. The number of carbonyl (C=O) groups is 1. The second-order valence-electron chi connectivity index (χ2n) is 6.50. The van der Waals surface area contributed by atoms with Crippen molar-refractivity contribution >= 4 is 17.3 Å². The molecule has 3 rings (SSSR count). The predicted molar refractivity (Wildman–Crippen MR) is 98.6 cm³/mol. The van der Waals surface area contributed by atoms with Gasteiger partial charge in [-0.25, -0.2) is 0 Å². The third kappa shape index (κ3) is 3.75. The number of carbonyl (C=O) groups excluding carboxylic acids is 1. The minimum Gasteiger partial charge on any atom is -0.367 e. The van der Waals surface area contributed by atoms with Gasteiger partial charge in [-0.05, 0) is 50.8 Å². The van der Waals surface area contributed by atoms with Gasteiger partial charge in [0.15, 0.2) is 0 Å². The Bertz CT molecular complexity index is 696. The third-order valence-electron chi connectivity index (χ3n) is 4.73. The molecule has 2 aromatic rings. The lowest BCUT2D eigenvalue weighted by Gasteiger charge is -2.37. The molecule has 126 valence electrons. The molecule has 0 aliphatic carbocycles. The van der Waals surface area contributed by atoms with Gasteiger partial charge < -0.3 is 10.2 Å². The summed E-state index contributed by atoms with van der Waals surface area (Å²) in [5.74, 6) is -0.113. The summed E-state index contributed by atoms with van der Waals surface area (Å²) in [5.41, 5.74) is 3.64. The highest BCUT2D eigenvalue weighted by Gasteiger charge is 2.22. The van der Waals surface area contributed by atoms with E-state index in [-0.39, 0.29) is 5.91 Å². The molecule has 1 N–H and O–H groups in total. The Balaban J connectivity index is 1.76. The SMILES string of the molecule is CCC1CCCCN1c1cncc(C(=O)Nc2ccc(C)cc2)c1. The van der Waals surface area contributed by atoms with Crippen LogP contribution in [0.1, 0.15) is 48.5 Å². The number of aromatic nitrogens is 1. The Labute approximate surface area is 143 Å². The summed E-state index contributed by atoms with van der Waals surface area (Å²) in [5, 5.41) is 2.94. The van der Waals surface area contributed by atoms with E-state index in [0.717, 1.165) is 24.3 Å². The lowest BCUT2D eigenvalue weighted by atomic mass is 9.99. The average Bonchev–Trinajstić information content (AvgIpc) is 2.63. The Morgan fingerprint density at radius 1 is 1.25 bits per heavy atom. The van der Waals surface area contributed by atoms with Crippen LogP contribution in [0.3, 0.4) is 0 Å². The zero-order valence-electron chi connectivity index (χ0n) is 14.5. The zero-order chi connectivity index (χ0) is 16.9. The number of hydrogen-bond donors (Lipinski definition) is 1. The number of hydrogen-bond acceptors (Lipinski definition) is 3. The summed E-state index contributed by atoms with van der Waals surface area (Å²) in [6.45, 7) is 5.30. The Morgan fingerprint density at radius 2 is 2.04 bits per heavy atom. The van der Waals surface area contributed by atoms with E-state index in [0.29, 0.717) is 11.6 Å². The van der Waals surface area contributed by atoms with Gasteiger partial charge in [-0.1, -0.05) is 24.6 Å². The van der Waals surface area contributed by atoms with Crippen LogP contribution < -0.4 is 10.2 Å². The third-order valence-corrected chi connectivity index (χ3v) is 4.73. The van der Waals surface area contributed by atoms with E-state index in [1.807, 2.05) is 43.5 Å². The van der Waals surface area contributed by atoms with Gasteiger partial charge in [0.05, 0.1) is 17.4 Å². The summed E-state index contributed by atoms with van der Waals surface area (Å²) >= 11 is 0. The fourth-order valence-corrected chi connectivity index (χ4v) is 3.31. The lowest BCUT2D eigenvalue weighted by Crippen LogP contribution is -2.39. The number of nitrogens with zero attached hydrogens (tertiary/aromatic N) is 2. The van der Waals surface area contributed by atoms with Crippen molar-refractivity contribution in [3.05, 3.63) is 53.9 Å². The van der Waals surface area contributed by atoms with E-state index in [9.17, 15) is 4.79 Å². The maximum absolute atomic E-state index is 12.5. The average molecular weight is 323 g/mol. The lowest BCUT2D eigenvalue weighted by molar-refractivity contribution is 0.102. The van der Waals surface area contributed by atoms with Crippen LogP contribution in [0.5, 0.6) is 0 Å². The van der Waals surface area contributed by atoms with Gasteiger partial charge in [-0.2, -0.15) is 0 Å². The first-order valence-electron chi connectivity index (χ1n) is 8.77. The zero-order valence-corrected chi connectivity index (χ0v) is 14.5. The van der Waals surface area contributed by atoms with Gasteiger partial charge in [0.1, 0.15) is 0 Å². The van der Waals surface area contributed by atoms with Crippen molar-refractivity contribution in [1.82, 2.24) is 4.98 Å². The van der Waals surface area contributed by atoms with Crippen LogP contribution in [0.2, 0.25) is 0 Å². The van der Waals surface area contributed by atoms with Gasteiger partial charge in [0.2, 0.25) is 0 Å². The van der Waals surface area contributed by atoms with Crippen LogP contribution in [-0.2, 0) is 0 Å². The van der Waals surface area contributed by atoms with Crippen molar-refractivity contribution in [2.24, 2.45) is 0 Å². The largest absolute Gasteiger partial charge is 0.367 e. The van der Waals surface area contributed by atoms with Gasteiger partial charge in [-0.3, -0.25) is 9.78 Å². The monoisotopic (exact) mass is 323 g/mol. The molecule has 4 nitrogen and oxygen atoms in total. The first-order valence-corrected chi connectivity index (χ1v) is 8.77. The highest BCUT2D eigenvalue weighted by molar-refractivity contribution is 6.04. The molecule has 0 saturated carbocycles. The summed E-state index contributed by atoms with van der Waals surface area (Å²) in [6.07, 6.45) is 8.34. The molecule has 1 unspecified atom stereocenters. The maximum Gasteiger partial charge on any atom is 0.257 e. The minimum atomic E-state index is -0.113. The summed E-state index contributed by atoms with van der Waals surface area (Å²) in [4.78, 5) is 19.2. The second kappa shape index (κ2) is 7.47. The topological polar surface area (TPSA) is 45.2 Å². The molecule has 0 bridgehead atoms. The molecule has 1 aliphatic heterocycles. The molecule has 1 aliphatic rings. The van der Waals surface area contributed by atoms with E-state index in [4.69, 9.17) is 0 Å². The van der Waals surface area contributed by atoms with Crippen molar-refractivity contribution in [3.63, 3.8) is 0 Å². The Morgan fingerprint density at radius 3 is 2.79 bits per heavy atom. The fourth-order valence-electron chi connectivity index (χ4n) is 3.31. The number of anilines is 2. The summed E-state index contributed by atoms with van der Waals surface area (Å²) in [6, 6.07) is 10.3. The van der Waals surface area contributed by atoms with Gasteiger partial charge >= 0.3 is 0 Å². The summed E-state index contributed by atoms with van der Waals surface area (Å²) < 4.78 is 0. The molecule has 1 aromatic carbocycles. The molecular weight excluding hydrogens is 298 g/mol.